The molecule has 0 saturated heterocycles. The Morgan fingerprint density at radius 2 is 2.33 bits per heavy atom. The molecule has 0 amide bonds. The van der Waals surface area contributed by atoms with Crippen molar-refractivity contribution in [3.8, 4) is 0 Å². The standard InChI is InChI=1S/C11H12FN3O2.ClH/c12-8-5-13-11(14-6-8)15-9-3-1-2-7(4-9)10(16)17;/h1-5,8,11,14-15H,6H2,(H,16,17);1H. The first-order valence-corrected chi connectivity index (χ1v) is 5.16. The Balaban J connectivity index is 0.00000162. The summed E-state index contributed by atoms with van der Waals surface area (Å²) in [5.41, 5.74) is 0.815. The lowest BCUT2D eigenvalue weighted by Crippen LogP contribution is -2.42. The quantitative estimate of drug-likeness (QED) is 0.781. The molecular formula is C11H13ClFN3O2. The van der Waals surface area contributed by atoms with Crippen LogP contribution in [0, 0.1) is 0 Å². The molecule has 0 radical (unpaired) electrons. The molecule has 7 heteroatoms. The highest BCUT2D eigenvalue weighted by molar-refractivity contribution is 5.88. The summed E-state index contributed by atoms with van der Waals surface area (Å²) in [7, 11) is 0. The van der Waals surface area contributed by atoms with Crippen molar-refractivity contribution in [1.82, 2.24) is 5.32 Å². The van der Waals surface area contributed by atoms with E-state index in [1.807, 2.05) is 0 Å². The molecule has 1 aliphatic heterocycles. The van der Waals surface area contributed by atoms with E-state index in [1.54, 1.807) is 12.1 Å². The van der Waals surface area contributed by atoms with E-state index >= 15 is 0 Å². The van der Waals surface area contributed by atoms with Crippen LogP contribution in [0.15, 0.2) is 29.3 Å². The Hall–Kier alpha value is -1.66. The van der Waals surface area contributed by atoms with Crippen LogP contribution in [0.5, 0.6) is 0 Å². The lowest BCUT2D eigenvalue weighted by Gasteiger charge is -2.21. The molecule has 2 atom stereocenters. The average molecular weight is 274 g/mol. The third-order valence-electron chi connectivity index (χ3n) is 2.32. The maximum Gasteiger partial charge on any atom is 0.335 e. The SMILES string of the molecule is Cl.O=C(O)c1cccc(NC2N=CC(F)CN2)c1. The Labute approximate surface area is 110 Å². The fourth-order valence-electron chi connectivity index (χ4n) is 1.50. The van der Waals surface area contributed by atoms with Crippen molar-refractivity contribution in [2.24, 2.45) is 4.99 Å². The molecule has 1 aliphatic rings. The summed E-state index contributed by atoms with van der Waals surface area (Å²) < 4.78 is 12.7. The summed E-state index contributed by atoms with van der Waals surface area (Å²) in [4.78, 5) is 14.7. The van der Waals surface area contributed by atoms with E-state index in [1.165, 1.54) is 18.3 Å². The Morgan fingerprint density at radius 3 is 2.94 bits per heavy atom. The molecule has 5 nitrogen and oxygen atoms in total. The van der Waals surface area contributed by atoms with Crippen LogP contribution in [0.2, 0.25) is 0 Å². The number of carbonyl (C=O) groups is 1. The van der Waals surface area contributed by atoms with Crippen molar-refractivity contribution in [2.75, 3.05) is 11.9 Å². The lowest BCUT2D eigenvalue weighted by molar-refractivity contribution is 0.0697. The third kappa shape index (κ3) is 3.68. The van der Waals surface area contributed by atoms with Crippen LogP contribution in [0.25, 0.3) is 0 Å². The van der Waals surface area contributed by atoms with Gasteiger partial charge in [0.25, 0.3) is 0 Å². The minimum absolute atomic E-state index is 0. The summed E-state index contributed by atoms with van der Waals surface area (Å²) >= 11 is 0. The van der Waals surface area contributed by atoms with Crippen LogP contribution < -0.4 is 10.6 Å². The number of nitrogens with one attached hydrogen (secondary N) is 2. The van der Waals surface area contributed by atoms with Gasteiger partial charge in [0, 0.05) is 18.4 Å². The number of halogens is 2. The molecule has 0 bridgehead atoms. The van der Waals surface area contributed by atoms with Crippen molar-refractivity contribution < 1.29 is 14.3 Å². The van der Waals surface area contributed by atoms with Gasteiger partial charge in [0.05, 0.1) is 5.56 Å². The zero-order chi connectivity index (χ0) is 12.3. The Kier molecular flexibility index (Phi) is 5.06. The second-order valence-electron chi connectivity index (χ2n) is 3.66. The van der Waals surface area contributed by atoms with Gasteiger partial charge in [-0.05, 0) is 18.2 Å². The van der Waals surface area contributed by atoms with E-state index in [0.29, 0.717) is 5.69 Å². The smallest absolute Gasteiger partial charge is 0.335 e. The van der Waals surface area contributed by atoms with E-state index < -0.39 is 18.4 Å². The van der Waals surface area contributed by atoms with Crippen LogP contribution >= 0.6 is 12.4 Å². The fourth-order valence-corrected chi connectivity index (χ4v) is 1.50. The Morgan fingerprint density at radius 1 is 1.56 bits per heavy atom. The number of carboxylic acid groups (broad SMARTS) is 1. The van der Waals surface area contributed by atoms with Gasteiger partial charge in [0.2, 0.25) is 0 Å². The zero-order valence-electron chi connectivity index (χ0n) is 9.34. The lowest BCUT2D eigenvalue weighted by atomic mass is 10.2. The molecular weight excluding hydrogens is 261 g/mol. The summed E-state index contributed by atoms with van der Waals surface area (Å²) in [6.07, 6.45) is -0.265. The molecule has 0 aromatic heterocycles. The van der Waals surface area contributed by atoms with Gasteiger partial charge >= 0.3 is 5.97 Å². The molecule has 1 heterocycles. The molecule has 2 rings (SSSR count). The number of carboxylic acids is 1. The van der Waals surface area contributed by atoms with E-state index in [0.717, 1.165) is 0 Å². The van der Waals surface area contributed by atoms with Crippen LogP contribution in [-0.4, -0.2) is 36.3 Å². The van der Waals surface area contributed by atoms with E-state index in [-0.39, 0.29) is 24.5 Å². The predicted octanol–water partition coefficient (Wildman–Crippen LogP) is 1.51. The number of anilines is 1. The zero-order valence-corrected chi connectivity index (χ0v) is 10.2. The number of aromatic carboxylic acids is 1. The summed E-state index contributed by atoms with van der Waals surface area (Å²) in [5.74, 6) is -0.988. The monoisotopic (exact) mass is 273 g/mol. The van der Waals surface area contributed by atoms with Crippen molar-refractivity contribution in [3.05, 3.63) is 29.8 Å². The van der Waals surface area contributed by atoms with Gasteiger partial charge in [-0.25, -0.2) is 9.18 Å². The highest BCUT2D eigenvalue weighted by Crippen LogP contribution is 2.12. The topological polar surface area (TPSA) is 73.7 Å². The van der Waals surface area contributed by atoms with E-state index in [4.69, 9.17) is 5.11 Å². The molecule has 0 saturated carbocycles. The average Bonchev–Trinajstić information content (AvgIpc) is 2.32. The van der Waals surface area contributed by atoms with Gasteiger partial charge < -0.3 is 10.4 Å². The van der Waals surface area contributed by atoms with Crippen molar-refractivity contribution in [2.45, 2.75) is 12.5 Å². The number of alkyl halides is 1. The van der Waals surface area contributed by atoms with Gasteiger partial charge in [0.15, 0.2) is 6.29 Å². The number of hydrogen-bond acceptors (Lipinski definition) is 4. The molecule has 2 unspecified atom stereocenters. The summed E-state index contributed by atoms with van der Waals surface area (Å²) in [6.45, 7) is 0.194. The maximum absolute atomic E-state index is 12.7. The Bertz CT molecular complexity index is 456. The minimum atomic E-state index is -1.07. The van der Waals surface area contributed by atoms with Gasteiger partial charge in [-0.2, -0.15) is 0 Å². The molecule has 18 heavy (non-hydrogen) atoms. The molecule has 1 aromatic rings. The number of aliphatic imine (C=N–C) groups is 1. The molecule has 0 fully saturated rings. The second kappa shape index (κ2) is 6.32. The highest BCUT2D eigenvalue weighted by atomic mass is 35.5. The first-order chi connectivity index (χ1) is 8.15. The number of rotatable bonds is 3. The second-order valence-corrected chi connectivity index (χ2v) is 3.66. The van der Waals surface area contributed by atoms with Gasteiger partial charge in [-0.15, -0.1) is 12.4 Å². The molecule has 3 N–H and O–H groups in total. The molecule has 98 valence electrons. The minimum Gasteiger partial charge on any atom is -0.478 e. The predicted molar refractivity (Wildman–Crippen MR) is 69.5 cm³/mol. The number of hydrogen-bond donors (Lipinski definition) is 3. The number of nitrogens with zero attached hydrogens (tertiary/aromatic N) is 1. The van der Waals surface area contributed by atoms with Gasteiger partial charge in [-0.3, -0.25) is 10.3 Å². The van der Waals surface area contributed by atoms with Crippen LogP contribution in [-0.2, 0) is 0 Å². The highest BCUT2D eigenvalue weighted by Gasteiger charge is 2.14. The third-order valence-corrected chi connectivity index (χ3v) is 2.32. The van der Waals surface area contributed by atoms with Gasteiger partial charge in [0.1, 0.15) is 6.17 Å². The van der Waals surface area contributed by atoms with E-state index in [2.05, 4.69) is 15.6 Å². The largest absolute Gasteiger partial charge is 0.478 e. The maximum atomic E-state index is 12.7. The van der Waals surface area contributed by atoms with Crippen molar-refractivity contribution >= 4 is 30.3 Å². The van der Waals surface area contributed by atoms with Crippen molar-refractivity contribution in [1.29, 1.82) is 0 Å². The fraction of sp³-hybridized carbons (Fsp3) is 0.273. The first kappa shape index (κ1) is 14.4. The van der Waals surface area contributed by atoms with Gasteiger partial charge in [-0.1, -0.05) is 6.07 Å². The molecule has 1 aromatic carbocycles. The normalized spacial score (nSPS) is 22.1. The van der Waals surface area contributed by atoms with Crippen LogP contribution in [0.1, 0.15) is 10.4 Å². The summed E-state index contributed by atoms with van der Waals surface area (Å²) in [5, 5.41) is 14.6. The summed E-state index contributed by atoms with van der Waals surface area (Å²) in [6, 6.07) is 6.37. The van der Waals surface area contributed by atoms with Crippen LogP contribution in [0.3, 0.4) is 0 Å². The van der Waals surface area contributed by atoms with E-state index in [9.17, 15) is 9.18 Å². The molecule has 0 spiro atoms. The van der Waals surface area contributed by atoms with Crippen LogP contribution in [0.4, 0.5) is 10.1 Å². The first-order valence-electron chi connectivity index (χ1n) is 5.16. The molecule has 0 aliphatic carbocycles. The van der Waals surface area contributed by atoms with Crippen molar-refractivity contribution in [3.63, 3.8) is 0 Å². The number of benzene rings is 1.